The Hall–Kier alpha value is -3.17. The number of benzene rings is 1. The van der Waals surface area contributed by atoms with E-state index in [0.717, 1.165) is 45.3 Å². The van der Waals surface area contributed by atoms with Crippen molar-refractivity contribution in [1.29, 1.82) is 0 Å². The second kappa shape index (κ2) is 8.99. The number of rotatable bonds is 5. The topological polar surface area (TPSA) is 73.0 Å². The molecule has 3 saturated heterocycles. The van der Waals surface area contributed by atoms with Crippen molar-refractivity contribution in [3.8, 4) is 11.1 Å². The van der Waals surface area contributed by atoms with Crippen LogP contribution < -0.4 is 10.2 Å². The van der Waals surface area contributed by atoms with Crippen molar-refractivity contribution in [2.24, 2.45) is 0 Å². The van der Waals surface area contributed by atoms with E-state index in [2.05, 4.69) is 32.1 Å². The Morgan fingerprint density at radius 1 is 1.08 bits per heavy atom. The van der Waals surface area contributed by atoms with E-state index in [1.807, 2.05) is 6.07 Å². The molecule has 9 heteroatoms. The largest absolute Gasteiger partial charge is 0.353 e. The Bertz CT molecular complexity index is 1470. The highest BCUT2D eigenvalue weighted by Gasteiger charge is 2.34. The molecule has 2 unspecified atom stereocenters. The summed E-state index contributed by atoms with van der Waals surface area (Å²) >= 11 is 0. The molecular weight excluding hydrogens is 472 g/mol. The number of piperazine rings is 1. The highest BCUT2D eigenvalue weighted by atomic mass is 19.1. The molecule has 3 aliphatic heterocycles. The van der Waals surface area contributed by atoms with Crippen molar-refractivity contribution in [3.05, 3.63) is 48.1 Å². The van der Waals surface area contributed by atoms with Gasteiger partial charge in [0.1, 0.15) is 28.6 Å². The van der Waals surface area contributed by atoms with Gasteiger partial charge in [-0.1, -0.05) is 0 Å². The lowest BCUT2D eigenvalue weighted by atomic mass is 10.0. The van der Waals surface area contributed by atoms with Crippen LogP contribution in [0, 0.1) is 11.6 Å². The minimum Gasteiger partial charge on any atom is -0.353 e. The first-order valence-electron chi connectivity index (χ1n) is 13.4. The van der Waals surface area contributed by atoms with Crippen molar-refractivity contribution >= 4 is 27.8 Å². The summed E-state index contributed by atoms with van der Waals surface area (Å²) in [4.78, 5) is 21.6. The number of aromatic amines is 1. The Kier molecular flexibility index (Phi) is 5.58. The molecule has 7 nitrogen and oxygen atoms in total. The van der Waals surface area contributed by atoms with E-state index in [1.54, 1.807) is 18.5 Å². The second-order valence-electron chi connectivity index (χ2n) is 10.9. The zero-order valence-electron chi connectivity index (χ0n) is 21.0. The first kappa shape index (κ1) is 23.0. The van der Waals surface area contributed by atoms with Gasteiger partial charge in [-0.2, -0.15) is 0 Å². The van der Waals surface area contributed by atoms with Crippen LogP contribution in [0.5, 0.6) is 0 Å². The molecule has 3 aromatic heterocycles. The van der Waals surface area contributed by atoms with Gasteiger partial charge in [-0.15, -0.1) is 0 Å². The van der Waals surface area contributed by atoms with Gasteiger partial charge in [-0.05, 0) is 63.9 Å². The van der Waals surface area contributed by atoms with Crippen LogP contribution in [0.1, 0.15) is 37.9 Å². The summed E-state index contributed by atoms with van der Waals surface area (Å²) in [5.41, 5.74) is 1.17. The number of aryl methyl sites for hydroxylation is 1. The molecule has 7 rings (SSSR count). The maximum absolute atomic E-state index is 16.3. The number of aromatic nitrogens is 4. The maximum Gasteiger partial charge on any atom is 0.160 e. The van der Waals surface area contributed by atoms with Crippen LogP contribution in [0.4, 0.5) is 14.6 Å². The molecule has 3 atom stereocenters. The van der Waals surface area contributed by atoms with Crippen molar-refractivity contribution in [1.82, 2.24) is 30.2 Å². The van der Waals surface area contributed by atoms with Crippen molar-refractivity contribution in [2.75, 3.05) is 31.6 Å². The molecular formula is C28H31F2N7. The van der Waals surface area contributed by atoms with Gasteiger partial charge in [-0.25, -0.2) is 23.7 Å². The Labute approximate surface area is 214 Å². The molecule has 192 valence electrons. The number of likely N-dealkylation sites (tertiary alicyclic amines) is 1. The van der Waals surface area contributed by atoms with E-state index in [-0.39, 0.29) is 11.1 Å². The van der Waals surface area contributed by atoms with Crippen LogP contribution in [-0.2, 0) is 6.42 Å². The van der Waals surface area contributed by atoms with Crippen LogP contribution in [0.25, 0.3) is 33.1 Å². The van der Waals surface area contributed by atoms with Gasteiger partial charge in [0, 0.05) is 66.4 Å². The first-order valence-corrected chi connectivity index (χ1v) is 13.4. The molecule has 6 heterocycles. The summed E-state index contributed by atoms with van der Waals surface area (Å²) < 4.78 is 32.0. The number of pyridine rings is 1. The fraction of sp³-hybridized carbons (Fsp3) is 0.464. The van der Waals surface area contributed by atoms with Gasteiger partial charge in [0.2, 0.25) is 0 Å². The van der Waals surface area contributed by atoms with Crippen molar-refractivity contribution < 1.29 is 8.78 Å². The fourth-order valence-electron chi connectivity index (χ4n) is 6.60. The molecule has 0 spiro atoms. The highest BCUT2D eigenvalue weighted by Crippen LogP contribution is 2.38. The van der Waals surface area contributed by atoms with Crippen LogP contribution in [-0.4, -0.2) is 69.6 Å². The predicted molar refractivity (Wildman–Crippen MR) is 141 cm³/mol. The van der Waals surface area contributed by atoms with Crippen molar-refractivity contribution in [2.45, 2.75) is 56.7 Å². The van der Waals surface area contributed by atoms with E-state index < -0.39 is 11.6 Å². The number of nitrogens with zero attached hydrogens (tertiary/aromatic N) is 5. The smallest absolute Gasteiger partial charge is 0.160 e. The average molecular weight is 504 g/mol. The number of hydrogen-bond donors (Lipinski definition) is 2. The summed E-state index contributed by atoms with van der Waals surface area (Å²) in [5.74, 6) is 0.0348. The van der Waals surface area contributed by atoms with Gasteiger partial charge in [0.25, 0.3) is 0 Å². The van der Waals surface area contributed by atoms with Gasteiger partial charge in [0.05, 0.1) is 5.56 Å². The summed E-state index contributed by atoms with van der Waals surface area (Å²) in [6.07, 6.45) is 9.47. The molecule has 3 fully saturated rings. The molecule has 4 aromatic rings. The standard InChI is InChI=1S/C28H31F2N7/c1-36-11-3-4-18(36)8-9-23-34-26-20(28(35-23)37-14-16-6-7-17(15-37)33-16)12-22(29)24(25(26)30)21-13-32-27-19(21)5-2-10-31-27/h2,5,10,12-13,16-18,33H,3-4,6-9,11,14-15H2,1H3,(H,31,32)/t16-,17?,18?/m0/s1. The molecule has 0 aliphatic carbocycles. The van der Waals surface area contributed by atoms with Crippen LogP contribution in [0.15, 0.2) is 30.6 Å². The molecule has 2 N–H and O–H groups in total. The summed E-state index contributed by atoms with van der Waals surface area (Å²) in [6, 6.07) is 6.27. The quantitative estimate of drug-likeness (QED) is 0.420. The fourth-order valence-corrected chi connectivity index (χ4v) is 6.60. The van der Waals surface area contributed by atoms with E-state index in [4.69, 9.17) is 9.97 Å². The average Bonchev–Trinajstić information content (AvgIpc) is 3.61. The SMILES string of the molecule is CN1CCCC1CCc1nc(N2CC3CC[C@@H](C2)N3)c2cc(F)c(-c3c[nH]c4ncccc34)c(F)c2n1. The molecule has 3 aliphatic rings. The van der Waals surface area contributed by atoms with Gasteiger partial charge >= 0.3 is 0 Å². The highest BCUT2D eigenvalue weighted by molar-refractivity contribution is 5.99. The predicted octanol–water partition coefficient (Wildman–Crippen LogP) is 4.42. The Morgan fingerprint density at radius 2 is 1.92 bits per heavy atom. The van der Waals surface area contributed by atoms with Gasteiger partial charge < -0.3 is 20.1 Å². The third-order valence-corrected chi connectivity index (χ3v) is 8.52. The monoisotopic (exact) mass is 503 g/mol. The Balaban J connectivity index is 1.36. The van der Waals surface area contributed by atoms with E-state index in [1.165, 1.54) is 12.5 Å². The number of halogens is 2. The maximum atomic E-state index is 16.3. The van der Waals surface area contributed by atoms with E-state index in [9.17, 15) is 0 Å². The van der Waals surface area contributed by atoms with Gasteiger partial charge in [0.15, 0.2) is 5.82 Å². The lowest BCUT2D eigenvalue weighted by molar-refractivity contribution is 0.295. The third-order valence-electron chi connectivity index (χ3n) is 8.52. The minimum absolute atomic E-state index is 0.0711. The molecule has 37 heavy (non-hydrogen) atoms. The normalized spacial score (nSPS) is 24.1. The lowest BCUT2D eigenvalue weighted by Gasteiger charge is -2.34. The molecule has 0 saturated carbocycles. The van der Waals surface area contributed by atoms with Crippen LogP contribution in [0.3, 0.4) is 0 Å². The second-order valence-corrected chi connectivity index (χ2v) is 10.9. The Morgan fingerprint density at radius 3 is 2.70 bits per heavy atom. The lowest BCUT2D eigenvalue weighted by Crippen LogP contribution is -2.51. The van der Waals surface area contributed by atoms with Crippen LogP contribution >= 0.6 is 0 Å². The number of fused-ring (bicyclic) bond motifs is 4. The first-order chi connectivity index (χ1) is 18.0. The van der Waals surface area contributed by atoms with Gasteiger partial charge in [-0.3, -0.25) is 0 Å². The summed E-state index contributed by atoms with van der Waals surface area (Å²) in [7, 11) is 2.16. The zero-order chi connectivity index (χ0) is 25.1. The minimum atomic E-state index is -0.638. The van der Waals surface area contributed by atoms with Crippen molar-refractivity contribution in [3.63, 3.8) is 0 Å². The molecule has 2 bridgehead atoms. The number of H-pyrrole nitrogens is 1. The van der Waals surface area contributed by atoms with E-state index in [0.29, 0.717) is 58.2 Å². The molecule has 0 amide bonds. The molecule has 0 radical (unpaired) electrons. The van der Waals surface area contributed by atoms with E-state index >= 15 is 8.78 Å². The third kappa shape index (κ3) is 3.95. The number of anilines is 1. The summed E-state index contributed by atoms with van der Waals surface area (Å²) in [6.45, 7) is 2.67. The summed E-state index contributed by atoms with van der Waals surface area (Å²) in [5, 5.41) is 4.76. The number of nitrogens with one attached hydrogen (secondary N) is 2. The zero-order valence-corrected chi connectivity index (χ0v) is 21.0. The number of hydrogen-bond acceptors (Lipinski definition) is 6. The molecule has 1 aromatic carbocycles. The van der Waals surface area contributed by atoms with Crippen LogP contribution in [0.2, 0.25) is 0 Å².